The van der Waals surface area contributed by atoms with Crippen LogP contribution in [0.3, 0.4) is 0 Å². The Morgan fingerprint density at radius 1 is 0.846 bits per heavy atom. The number of amides is 2. The summed E-state index contributed by atoms with van der Waals surface area (Å²) in [6.45, 7) is 4.15. The van der Waals surface area contributed by atoms with Crippen LogP contribution in [0.15, 0.2) is 48.5 Å². The molecule has 3 rings (SSSR count). The van der Waals surface area contributed by atoms with Crippen molar-refractivity contribution in [3.05, 3.63) is 71.0 Å². The monoisotopic (exact) mass is 354 g/mol. The van der Waals surface area contributed by atoms with E-state index in [4.69, 9.17) is 0 Å². The Hall–Kier alpha value is -2.69. The molecule has 0 N–H and O–H groups in total. The van der Waals surface area contributed by atoms with Crippen molar-refractivity contribution < 1.29 is 14.0 Å². The highest BCUT2D eigenvalue weighted by Crippen LogP contribution is 2.11. The zero-order chi connectivity index (χ0) is 18.5. The molecule has 0 atom stereocenters. The zero-order valence-electron chi connectivity index (χ0n) is 15.0. The van der Waals surface area contributed by atoms with Crippen molar-refractivity contribution in [2.45, 2.75) is 19.8 Å². The van der Waals surface area contributed by atoms with Crippen LogP contribution in [0.4, 0.5) is 4.39 Å². The van der Waals surface area contributed by atoms with E-state index in [-0.39, 0.29) is 24.1 Å². The molecule has 0 unspecified atom stereocenters. The first-order valence-corrected chi connectivity index (χ1v) is 8.87. The third-order valence-corrected chi connectivity index (χ3v) is 4.71. The van der Waals surface area contributed by atoms with E-state index >= 15 is 0 Å². The van der Waals surface area contributed by atoms with Gasteiger partial charge in [-0.05, 0) is 30.2 Å². The molecule has 5 heteroatoms. The van der Waals surface area contributed by atoms with Gasteiger partial charge in [-0.2, -0.15) is 0 Å². The average Bonchev–Trinajstić information content (AvgIpc) is 2.64. The molecule has 0 radical (unpaired) electrons. The molecule has 0 bridgehead atoms. The molecule has 2 aromatic rings. The Morgan fingerprint density at radius 3 is 1.92 bits per heavy atom. The van der Waals surface area contributed by atoms with Crippen molar-refractivity contribution >= 4 is 11.8 Å². The van der Waals surface area contributed by atoms with Crippen molar-refractivity contribution in [1.29, 1.82) is 0 Å². The predicted molar refractivity (Wildman–Crippen MR) is 98.1 cm³/mol. The lowest BCUT2D eigenvalue weighted by molar-refractivity contribution is -0.138. The standard InChI is InChI=1S/C21H23FN2O2/c1-16-5-7-17(8-6-16)14-20(25)23-9-11-24(12-10-23)21(26)15-18-3-2-4-19(22)13-18/h2-8,13H,9-12,14-15H2,1H3. The van der Waals surface area contributed by atoms with Gasteiger partial charge in [-0.15, -0.1) is 0 Å². The average molecular weight is 354 g/mol. The minimum atomic E-state index is -0.332. The first-order valence-electron chi connectivity index (χ1n) is 8.87. The van der Waals surface area contributed by atoms with Crippen LogP contribution in [-0.2, 0) is 22.4 Å². The Bertz CT molecular complexity index is 781. The molecule has 2 amide bonds. The van der Waals surface area contributed by atoms with Crippen LogP contribution >= 0.6 is 0 Å². The topological polar surface area (TPSA) is 40.6 Å². The molecule has 0 aromatic heterocycles. The number of carbonyl (C=O) groups excluding carboxylic acids is 2. The van der Waals surface area contributed by atoms with E-state index in [9.17, 15) is 14.0 Å². The number of hydrogen-bond donors (Lipinski definition) is 0. The molecule has 1 saturated heterocycles. The fraction of sp³-hybridized carbons (Fsp3) is 0.333. The summed E-state index contributed by atoms with van der Waals surface area (Å²) in [7, 11) is 0. The summed E-state index contributed by atoms with van der Waals surface area (Å²) in [5, 5.41) is 0. The van der Waals surface area contributed by atoms with Crippen molar-refractivity contribution in [2.75, 3.05) is 26.2 Å². The number of halogens is 1. The molecule has 136 valence electrons. The van der Waals surface area contributed by atoms with Gasteiger partial charge in [0.15, 0.2) is 0 Å². The number of rotatable bonds is 4. The van der Waals surface area contributed by atoms with E-state index in [1.54, 1.807) is 17.0 Å². The van der Waals surface area contributed by atoms with Crippen molar-refractivity contribution in [2.24, 2.45) is 0 Å². The van der Waals surface area contributed by atoms with E-state index in [0.717, 1.165) is 5.56 Å². The minimum Gasteiger partial charge on any atom is -0.339 e. The SMILES string of the molecule is Cc1ccc(CC(=O)N2CCN(C(=O)Cc3cccc(F)c3)CC2)cc1. The number of hydrogen-bond acceptors (Lipinski definition) is 2. The second-order valence-electron chi connectivity index (χ2n) is 6.73. The van der Waals surface area contributed by atoms with E-state index in [0.29, 0.717) is 38.2 Å². The highest BCUT2D eigenvalue weighted by atomic mass is 19.1. The van der Waals surface area contributed by atoms with Crippen LogP contribution in [0.1, 0.15) is 16.7 Å². The lowest BCUT2D eigenvalue weighted by Crippen LogP contribution is -2.51. The van der Waals surface area contributed by atoms with Crippen molar-refractivity contribution in [3.63, 3.8) is 0 Å². The summed E-state index contributed by atoms with van der Waals surface area (Å²) in [6, 6.07) is 14.1. The lowest BCUT2D eigenvalue weighted by Gasteiger charge is -2.35. The largest absolute Gasteiger partial charge is 0.339 e. The fourth-order valence-electron chi connectivity index (χ4n) is 3.13. The van der Waals surface area contributed by atoms with Gasteiger partial charge in [-0.1, -0.05) is 42.0 Å². The molecule has 1 aliphatic heterocycles. The Balaban J connectivity index is 1.49. The van der Waals surface area contributed by atoms with E-state index < -0.39 is 0 Å². The second-order valence-corrected chi connectivity index (χ2v) is 6.73. The molecule has 1 heterocycles. The van der Waals surface area contributed by atoms with Gasteiger partial charge in [0.1, 0.15) is 5.82 Å². The number of nitrogens with zero attached hydrogens (tertiary/aromatic N) is 2. The maximum Gasteiger partial charge on any atom is 0.227 e. The maximum absolute atomic E-state index is 13.2. The Kier molecular flexibility index (Phi) is 5.66. The molecule has 2 aromatic carbocycles. The maximum atomic E-state index is 13.2. The van der Waals surface area contributed by atoms with Gasteiger partial charge in [0.2, 0.25) is 11.8 Å². The van der Waals surface area contributed by atoms with E-state index in [1.807, 2.05) is 36.1 Å². The van der Waals surface area contributed by atoms with Crippen LogP contribution in [0.2, 0.25) is 0 Å². The second kappa shape index (κ2) is 8.13. The third kappa shape index (κ3) is 4.69. The summed E-state index contributed by atoms with van der Waals surface area (Å²) in [4.78, 5) is 28.4. The first kappa shape index (κ1) is 18.1. The summed E-state index contributed by atoms with van der Waals surface area (Å²) in [6.07, 6.45) is 0.576. The molecular formula is C21H23FN2O2. The third-order valence-electron chi connectivity index (χ3n) is 4.71. The molecule has 0 spiro atoms. The number of carbonyl (C=O) groups is 2. The normalized spacial score (nSPS) is 14.4. The van der Waals surface area contributed by atoms with Crippen molar-refractivity contribution in [1.82, 2.24) is 9.80 Å². The highest BCUT2D eigenvalue weighted by Gasteiger charge is 2.24. The summed E-state index contributed by atoms with van der Waals surface area (Å²) >= 11 is 0. The fourth-order valence-corrected chi connectivity index (χ4v) is 3.13. The molecule has 1 aliphatic rings. The van der Waals surface area contributed by atoms with Crippen LogP contribution in [0, 0.1) is 12.7 Å². The Morgan fingerprint density at radius 2 is 1.38 bits per heavy atom. The smallest absolute Gasteiger partial charge is 0.227 e. The van der Waals surface area contributed by atoms with Crippen LogP contribution in [0.5, 0.6) is 0 Å². The van der Waals surface area contributed by atoms with Crippen molar-refractivity contribution in [3.8, 4) is 0 Å². The van der Waals surface area contributed by atoms with E-state index in [2.05, 4.69) is 0 Å². The van der Waals surface area contributed by atoms with Crippen LogP contribution < -0.4 is 0 Å². The number of aryl methyl sites for hydroxylation is 1. The number of piperazine rings is 1. The first-order chi connectivity index (χ1) is 12.5. The van der Waals surface area contributed by atoms with Gasteiger partial charge in [-0.3, -0.25) is 9.59 Å². The summed E-state index contributed by atoms with van der Waals surface area (Å²) in [5.41, 5.74) is 2.85. The van der Waals surface area contributed by atoms with Crippen LogP contribution in [0.25, 0.3) is 0 Å². The summed E-state index contributed by atoms with van der Waals surface area (Å²) in [5.74, 6) is -0.269. The minimum absolute atomic E-state index is 0.0266. The highest BCUT2D eigenvalue weighted by molar-refractivity contribution is 5.81. The molecule has 0 saturated carbocycles. The molecule has 0 aliphatic carbocycles. The lowest BCUT2D eigenvalue weighted by atomic mass is 10.1. The molecule has 26 heavy (non-hydrogen) atoms. The predicted octanol–water partition coefficient (Wildman–Crippen LogP) is 2.59. The molecule has 4 nitrogen and oxygen atoms in total. The van der Waals surface area contributed by atoms with Gasteiger partial charge in [0, 0.05) is 26.2 Å². The van der Waals surface area contributed by atoms with Gasteiger partial charge < -0.3 is 9.80 Å². The van der Waals surface area contributed by atoms with Gasteiger partial charge in [-0.25, -0.2) is 4.39 Å². The van der Waals surface area contributed by atoms with Gasteiger partial charge in [0.25, 0.3) is 0 Å². The quantitative estimate of drug-likeness (QED) is 0.847. The molecule has 1 fully saturated rings. The number of benzene rings is 2. The summed E-state index contributed by atoms with van der Waals surface area (Å²) < 4.78 is 13.2. The zero-order valence-corrected chi connectivity index (χ0v) is 15.0. The van der Waals surface area contributed by atoms with Crippen LogP contribution in [-0.4, -0.2) is 47.8 Å². The van der Waals surface area contributed by atoms with Gasteiger partial charge >= 0.3 is 0 Å². The molecular weight excluding hydrogens is 331 g/mol. The Labute approximate surface area is 153 Å². The van der Waals surface area contributed by atoms with E-state index in [1.165, 1.54) is 17.7 Å². The van der Waals surface area contributed by atoms with Gasteiger partial charge in [0.05, 0.1) is 12.8 Å².